The standard InChI is InChI=1S/C25H31N5O3/c1-18-8-10-19(11-9-18)16-30-22-21(7-3-12-26-22)28-23(25(30)32)29-14-4-6-20(17-29)24(31)27-13-5-15-33-2/h3,7-12,20H,4-6,13-17H2,1-2H3,(H,27,31). The molecular weight excluding hydrogens is 418 g/mol. The number of hydrogen-bond donors (Lipinski definition) is 1. The molecule has 1 amide bonds. The van der Waals surface area contributed by atoms with E-state index in [1.807, 2.05) is 48.2 Å². The summed E-state index contributed by atoms with van der Waals surface area (Å²) in [4.78, 5) is 37.3. The first-order chi connectivity index (χ1) is 16.1. The lowest BCUT2D eigenvalue weighted by atomic mass is 9.97. The molecule has 0 spiro atoms. The molecule has 33 heavy (non-hydrogen) atoms. The highest BCUT2D eigenvalue weighted by Gasteiger charge is 2.28. The Morgan fingerprint density at radius 3 is 2.85 bits per heavy atom. The summed E-state index contributed by atoms with van der Waals surface area (Å²) in [7, 11) is 1.65. The van der Waals surface area contributed by atoms with Crippen LogP contribution in [0.15, 0.2) is 47.4 Å². The highest BCUT2D eigenvalue weighted by Crippen LogP contribution is 2.22. The van der Waals surface area contributed by atoms with Crippen molar-refractivity contribution in [2.45, 2.75) is 32.7 Å². The van der Waals surface area contributed by atoms with Crippen molar-refractivity contribution < 1.29 is 9.53 Å². The zero-order chi connectivity index (χ0) is 23.2. The molecule has 1 aromatic carbocycles. The molecule has 1 fully saturated rings. The zero-order valence-corrected chi connectivity index (χ0v) is 19.3. The number of aryl methyl sites for hydroxylation is 1. The molecule has 4 rings (SSSR count). The number of methoxy groups -OCH3 is 1. The highest BCUT2D eigenvalue weighted by molar-refractivity contribution is 5.79. The number of anilines is 1. The van der Waals surface area contributed by atoms with Crippen molar-refractivity contribution in [2.24, 2.45) is 5.92 Å². The summed E-state index contributed by atoms with van der Waals surface area (Å²) in [5.74, 6) is 0.246. The number of ether oxygens (including phenoxy) is 1. The van der Waals surface area contributed by atoms with E-state index in [2.05, 4.69) is 15.3 Å². The Hall–Kier alpha value is -3.26. The summed E-state index contributed by atoms with van der Waals surface area (Å²) in [5, 5.41) is 2.99. The molecule has 3 heterocycles. The van der Waals surface area contributed by atoms with E-state index in [0.717, 1.165) is 24.8 Å². The van der Waals surface area contributed by atoms with Crippen LogP contribution in [0.1, 0.15) is 30.4 Å². The van der Waals surface area contributed by atoms with Gasteiger partial charge < -0.3 is 15.0 Å². The van der Waals surface area contributed by atoms with Gasteiger partial charge in [0.25, 0.3) is 5.56 Å². The molecule has 0 radical (unpaired) electrons. The second-order valence-corrected chi connectivity index (χ2v) is 8.58. The Bertz CT molecular complexity index is 1160. The average Bonchev–Trinajstić information content (AvgIpc) is 2.84. The van der Waals surface area contributed by atoms with Crippen LogP contribution >= 0.6 is 0 Å². The van der Waals surface area contributed by atoms with Gasteiger partial charge in [0.05, 0.1) is 12.5 Å². The Balaban J connectivity index is 1.61. The molecule has 1 aliphatic rings. The number of pyridine rings is 1. The predicted molar refractivity (Wildman–Crippen MR) is 129 cm³/mol. The molecule has 1 aliphatic heterocycles. The summed E-state index contributed by atoms with van der Waals surface area (Å²) in [6.07, 6.45) is 4.10. The Morgan fingerprint density at radius 1 is 1.24 bits per heavy atom. The van der Waals surface area contributed by atoms with E-state index < -0.39 is 0 Å². The van der Waals surface area contributed by atoms with E-state index in [1.165, 1.54) is 5.56 Å². The fourth-order valence-corrected chi connectivity index (χ4v) is 4.25. The van der Waals surface area contributed by atoms with E-state index in [1.54, 1.807) is 17.9 Å². The van der Waals surface area contributed by atoms with E-state index in [0.29, 0.717) is 49.8 Å². The minimum atomic E-state index is -0.178. The quantitative estimate of drug-likeness (QED) is 0.532. The van der Waals surface area contributed by atoms with Gasteiger partial charge >= 0.3 is 0 Å². The summed E-state index contributed by atoms with van der Waals surface area (Å²) >= 11 is 0. The lowest BCUT2D eigenvalue weighted by Gasteiger charge is -2.32. The van der Waals surface area contributed by atoms with Gasteiger partial charge in [0.1, 0.15) is 5.52 Å². The lowest BCUT2D eigenvalue weighted by Crippen LogP contribution is -2.46. The molecule has 8 nitrogen and oxygen atoms in total. The van der Waals surface area contributed by atoms with Crippen molar-refractivity contribution in [3.05, 3.63) is 64.1 Å². The van der Waals surface area contributed by atoms with Crippen LogP contribution in [-0.2, 0) is 16.1 Å². The van der Waals surface area contributed by atoms with Gasteiger partial charge in [-0.25, -0.2) is 9.97 Å². The third kappa shape index (κ3) is 5.39. The van der Waals surface area contributed by atoms with Crippen molar-refractivity contribution in [1.29, 1.82) is 0 Å². The fourth-order valence-electron chi connectivity index (χ4n) is 4.25. The maximum absolute atomic E-state index is 13.6. The van der Waals surface area contributed by atoms with E-state index in [4.69, 9.17) is 4.74 Å². The fraction of sp³-hybridized carbons (Fsp3) is 0.440. The normalized spacial score (nSPS) is 16.2. The number of carbonyl (C=O) groups excluding carboxylic acids is 1. The second-order valence-electron chi connectivity index (χ2n) is 8.58. The molecule has 2 aromatic heterocycles. The molecule has 8 heteroatoms. The molecule has 174 valence electrons. The molecule has 0 bridgehead atoms. The van der Waals surface area contributed by atoms with E-state index in [9.17, 15) is 9.59 Å². The number of hydrogen-bond acceptors (Lipinski definition) is 6. The maximum Gasteiger partial charge on any atom is 0.295 e. The van der Waals surface area contributed by atoms with Crippen molar-refractivity contribution >= 4 is 22.9 Å². The molecular formula is C25H31N5O3. The number of fused-ring (bicyclic) bond motifs is 1. The number of rotatable bonds is 8. The number of piperidine rings is 1. The molecule has 3 aromatic rings. The van der Waals surface area contributed by atoms with Crippen LogP contribution in [0.25, 0.3) is 11.2 Å². The first-order valence-electron chi connectivity index (χ1n) is 11.5. The lowest BCUT2D eigenvalue weighted by molar-refractivity contribution is -0.125. The van der Waals surface area contributed by atoms with Gasteiger partial charge in [0.15, 0.2) is 11.5 Å². The third-order valence-corrected chi connectivity index (χ3v) is 6.06. The van der Waals surface area contributed by atoms with Crippen molar-refractivity contribution in [3.8, 4) is 0 Å². The second kappa shape index (κ2) is 10.6. The first-order valence-corrected chi connectivity index (χ1v) is 11.5. The van der Waals surface area contributed by atoms with Gasteiger partial charge in [0, 0.05) is 39.5 Å². The molecule has 1 unspecified atom stereocenters. The number of nitrogens with one attached hydrogen (secondary N) is 1. The average molecular weight is 450 g/mol. The molecule has 1 saturated heterocycles. The van der Waals surface area contributed by atoms with Crippen LogP contribution in [0.5, 0.6) is 0 Å². The highest BCUT2D eigenvalue weighted by atomic mass is 16.5. The minimum Gasteiger partial charge on any atom is -0.385 e. The zero-order valence-electron chi connectivity index (χ0n) is 19.3. The summed E-state index contributed by atoms with van der Waals surface area (Å²) in [6.45, 7) is 4.84. The maximum atomic E-state index is 13.6. The molecule has 1 atom stereocenters. The predicted octanol–water partition coefficient (Wildman–Crippen LogP) is 2.52. The first kappa shape index (κ1) is 22.9. The Kier molecular flexibility index (Phi) is 7.34. The van der Waals surface area contributed by atoms with Gasteiger partial charge in [-0.2, -0.15) is 0 Å². The third-order valence-electron chi connectivity index (χ3n) is 6.06. The number of carbonyl (C=O) groups is 1. The van der Waals surface area contributed by atoms with E-state index in [-0.39, 0.29) is 17.4 Å². The SMILES string of the molecule is COCCCNC(=O)C1CCCN(c2nc3cccnc3n(Cc3ccc(C)cc3)c2=O)C1. The van der Waals surface area contributed by atoms with Crippen LogP contribution in [0.4, 0.5) is 5.82 Å². The monoisotopic (exact) mass is 449 g/mol. The number of benzene rings is 1. The Labute approximate surface area is 193 Å². The van der Waals surface area contributed by atoms with E-state index >= 15 is 0 Å². The Morgan fingerprint density at radius 2 is 2.06 bits per heavy atom. The molecule has 0 aliphatic carbocycles. The molecule has 1 N–H and O–H groups in total. The smallest absolute Gasteiger partial charge is 0.295 e. The van der Waals surface area contributed by atoms with Crippen LogP contribution in [0, 0.1) is 12.8 Å². The van der Waals surface area contributed by atoms with Crippen molar-refractivity contribution in [2.75, 3.05) is 38.3 Å². The van der Waals surface area contributed by atoms with Crippen molar-refractivity contribution in [3.63, 3.8) is 0 Å². The molecule has 0 saturated carbocycles. The number of nitrogens with zero attached hydrogens (tertiary/aromatic N) is 4. The summed E-state index contributed by atoms with van der Waals surface area (Å²) < 4.78 is 6.73. The van der Waals surface area contributed by atoms with Gasteiger partial charge in [-0.1, -0.05) is 29.8 Å². The number of aromatic nitrogens is 3. The van der Waals surface area contributed by atoms with Crippen LogP contribution < -0.4 is 15.8 Å². The van der Waals surface area contributed by atoms with Gasteiger partial charge in [-0.05, 0) is 43.9 Å². The van der Waals surface area contributed by atoms with Gasteiger partial charge in [-0.3, -0.25) is 14.2 Å². The minimum absolute atomic E-state index is 0.0261. The van der Waals surface area contributed by atoms with Crippen LogP contribution in [0.3, 0.4) is 0 Å². The van der Waals surface area contributed by atoms with Crippen molar-refractivity contribution in [1.82, 2.24) is 19.9 Å². The number of amides is 1. The van der Waals surface area contributed by atoms with Gasteiger partial charge in [0.2, 0.25) is 5.91 Å². The topological polar surface area (TPSA) is 89.3 Å². The largest absolute Gasteiger partial charge is 0.385 e. The van der Waals surface area contributed by atoms with Crippen LogP contribution in [0.2, 0.25) is 0 Å². The summed E-state index contributed by atoms with van der Waals surface area (Å²) in [6, 6.07) is 11.8. The summed E-state index contributed by atoms with van der Waals surface area (Å²) in [5.41, 5.74) is 3.26. The van der Waals surface area contributed by atoms with Gasteiger partial charge in [-0.15, -0.1) is 0 Å². The van der Waals surface area contributed by atoms with Crippen LogP contribution in [-0.4, -0.2) is 53.8 Å².